The number of hydrogen-bond acceptors (Lipinski definition) is 4. The van der Waals surface area contributed by atoms with Gasteiger partial charge in [0.2, 0.25) is 0 Å². The van der Waals surface area contributed by atoms with Crippen LogP contribution in [0.4, 0.5) is 0 Å². The van der Waals surface area contributed by atoms with Crippen LogP contribution >= 0.6 is 0 Å². The van der Waals surface area contributed by atoms with Gasteiger partial charge in [0.1, 0.15) is 17.2 Å². The maximum Gasteiger partial charge on any atom is 0.274 e. The Morgan fingerprint density at radius 1 is 1.28 bits per heavy atom. The molecule has 3 rings (SSSR count). The molecule has 0 spiro atoms. The van der Waals surface area contributed by atoms with Gasteiger partial charge in [0, 0.05) is 24.3 Å². The van der Waals surface area contributed by atoms with Gasteiger partial charge in [-0.1, -0.05) is 0 Å². The molecule has 25 heavy (non-hydrogen) atoms. The number of aromatic nitrogens is 2. The number of nitrogens with zero attached hydrogens (tertiary/aromatic N) is 3. The number of benzene rings is 1. The summed E-state index contributed by atoms with van der Waals surface area (Å²) in [5.41, 5.74) is 1.47. The predicted octanol–water partition coefficient (Wildman–Crippen LogP) is 3.46. The lowest BCUT2D eigenvalue weighted by molar-refractivity contribution is 0.0728. The number of ether oxygens (including phenoxy) is 2. The summed E-state index contributed by atoms with van der Waals surface area (Å²) in [7, 11) is 3.29. The first-order chi connectivity index (χ1) is 12.0. The van der Waals surface area contributed by atoms with Crippen molar-refractivity contribution in [3.8, 4) is 11.5 Å². The Morgan fingerprint density at radius 2 is 2.08 bits per heavy atom. The minimum atomic E-state index is -0.0354. The Morgan fingerprint density at radius 3 is 2.72 bits per heavy atom. The minimum Gasteiger partial charge on any atom is -0.497 e. The van der Waals surface area contributed by atoms with Crippen LogP contribution in [0.5, 0.6) is 11.5 Å². The largest absolute Gasteiger partial charge is 0.497 e. The molecule has 0 unspecified atom stereocenters. The quantitative estimate of drug-likeness (QED) is 0.834. The fourth-order valence-corrected chi connectivity index (χ4v) is 3.31. The first-order valence-electron chi connectivity index (χ1n) is 8.61. The highest BCUT2D eigenvalue weighted by Gasteiger charge is 2.33. The molecular weight excluding hydrogens is 318 g/mol. The number of likely N-dealkylation sites (tertiary alicyclic amines) is 1. The molecule has 2 heterocycles. The fraction of sp³-hybridized carbons (Fsp3) is 0.474. The Bertz CT molecular complexity index is 754. The Hall–Kier alpha value is -2.50. The van der Waals surface area contributed by atoms with E-state index >= 15 is 0 Å². The second-order valence-corrected chi connectivity index (χ2v) is 6.56. The maximum absolute atomic E-state index is 13.0. The van der Waals surface area contributed by atoms with Crippen LogP contribution in [0.3, 0.4) is 0 Å². The van der Waals surface area contributed by atoms with Crippen LogP contribution < -0.4 is 9.47 Å². The van der Waals surface area contributed by atoms with E-state index in [4.69, 9.17) is 9.47 Å². The lowest BCUT2D eigenvalue weighted by Crippen LogP contribution is -2.31. The van der Waals surface area contributed by atoms with Gasteiger partial charge in [0.25, 0.3) is 5.91 Å². The van der Waals surface area contributed by atoms with E-state index in [1.807, 2.05) is 33.9 Å². The molecule has 0 aliphatic carbocycles. The molecule has 2 aromatic rings. The van der Waals surface area contributed by atoms with Gasteiger partial charge in [0.05, 0.1) is 26.6 Å². The first kappa shape index (κ1) is 17.3. The van der Waals surface area contributed by atoms with Crippen LogP contribution in [-0.4, -0.2) is 41.1 Å². The van der Waals surface area contributed by atoms with Gasteiger partial charge in [-0.3, -0.25) is 4.79 Å². The van der Waals surface area contributed by atoms with Crippen molar-refractivity contribution in [3.63, 3.8) is 0 Å². The monoisotopic (exact) mass is 343 g/mol. The second kappa shape index (κ2) is 7.17. The van der Waals surface area contributed by atoms with Crippen molar-refractivity contribution >= 4 is 5.91 Å². The average molecular weight is 343 g/mol. The molecule has 0 bridgehead atoms. The van der Waals surface area contributed by atoms with Crippen LogP contribution in [0.1, 0.15) is 54.8 Å². The van der Waals surface area contributed by atoms with Gasteiger partial charge < -0.3 is 18.9 Å². The molecule has 6 nitrogen and oxygen atoms in total. The van der Waals surface area contributed by atoms with Gasteiger partial charge >= 0.3 is 0 Å². The number of carbonyl (C=O) groups is 1. The van der Waals surface area contributed by atoms with Gasteiger partial charge in [-0.2, -0.15) is 0 Å². The van der Waals surface area contributed by atoms with Crippen molar-refractivity contribution in [3.05, 3.63) is 42.0 Å². The van der Waals surface area contributed by atoms with E-state index in [9.17, 15) is 4.79 Å². The summed E-state index contributed by atoms with van der Waals surface area (Å²) in [6.45, 7) is 4.85. The molecule has 1 fully saturated rings. The topological polar surface area (TPSA) is 56.6 Å². The van der Waals surface area contributed by atoms with E-state index in [1.165, 1.54) is 0 Å². The first-order valence-corrected chi connectivity index (χ1v) is 8.61. The Kier molecular flexibility index (Phi) is 4.97. The zero-order chi connectivity index (χ0) is 18.0. The molecule has 1 aliphatic heterocycles. The Balaban J connectivity index is 1.91. The lowest BCUT2D eigenvalue weighted by Gasteiger charge is -2.26. The lowest BCUT2D eigenvalue weighted by atomic mass is 10.0. The van der Waals surface area contributed by atoms with E-state index in [2.05, 4.69) is 18.8 Å². The van der Waals surface area contributed by atoms with Crippen LogP contribution in [-0.2, 0) is 0 Å². The van der Waals surface area contributed by atoms with E-state index in [1.54, 1.807) is 20.5 Å². The highest BCUT2D eigenvalue weighted by Crippen LogP contribution is 2.39. The molecule has 0 N–H and O–H groups in total. The van der Waals surface area contributed by atoms with E-state index < -0.39 is 0 Å². The molecule has 1 aromatic heterocycles. The molecule has 0 radical (unpaired) electrons. The second-order valence-electron chi connectivity index (χ2n) is 6.56. The zero-order valence-electron chi connectivity index (χ0n) is 15.2. The molecule has 1 aromatic carbocycles. The van der Waals surface area contributed by atoms with Crippen molar-refractivity contribution in [2.45, 2.75) is 38.8 Å². The number of carbonyl (C=O) groups excluding carboxylic acids is 1. The third-order valence-electron chi connectivity index (χ3n) is 4.73. The predicted molar refractivity (Wildman–Crippen MR) is 95.2 cm³/mol. The van der Waals surface area contributed by atoms with E-state index in [0.717, 1.165) is 36.4 Å². The normalized spacial score (nSPS) is 17.2. The smallest absolute Gasteiger partial charge is 0.274 e. The van der Waals surface area contributed by atoms with Gasteiger partial charge in [-0.15, -0.1) is 0 Å². The summed E-state index contributed by atoms with van der Waals surface area (Å²) >= 11 is 0. The summed E-state index contributed by atoms with van der Waals surface area (Å²) in [5.74, 6) is 1.50. The highest BCUT2D eigenvalue weighted by molar-refractivity contribution is 5.92. The van der Waals surface area contributed by atoms with Gasteiger partial charge in [-0.05, 0) is 44.9 Å². The SMILES string of the molecule is COc1ccc(OC)c([C@@H]2CCCN2C(=O)c2cn(C(C)C)cn2)c1. The minimum absolute atomic E-state index is 0.0262. The molecule has 6 heteroatoms. The van der Waals surface area contributed by atoms with Crippen molar-refractivity contribution < 1.29 is 14.3 Å². The summed E-state index contributed by atoms with van der Waals surface area (Å²) < 4.78 is 12.8. The molecular formula is C19H25N3O3. The summed E-state index contributed by atoms with van der Waals surface area (Å²) in [5, 5.41) is 0. The van der Waals surface area contributed by atoms with Crippen molar-refractivity contribution in [1.82, 2.24) is 14.5 Å². The molecule has 1 aliphatic rings. The number of imidazole rings is 1. The number of amides is 1. The third-order valence-corrected chi connectivity index (χ3v) is 4.73. The van der Waals surface area contributed by atoms with Gasteiger partial charge in [0.15, 0.2) is 0 Å². The van der Waals surface area contributed by atoms with E-state index in [-0.39, 0.29) is 18.0 Å². The standard InChI is InChI=1S/C19H25N3O3/c1-13(2)21-11-16(20-12-21)19(23)22-9-5-6-17(22)15-10-14(24-3)7-8-18(15)25-4/h7-8,10-13,17H,5-6,9H2,1-4H3/t17-/m0/s1. The van der Waals surface area contributed by atoms with E-state index in [0.29, 0.717) is 5.69 Å². The maximum atomic E-state index is 13.0. The van der Waals surface area contributed by atoms with Crippen LogP contribution in [0, 0.1) is 0 Å². The third kappa shape index (κ3) is 3.34. The van der Waals surface area contributed by atoms with Gasteiger partial charge in [-0.25, -0.2) is 4.98 Å². The molecule has 134 valence electrons. The molecule has 1 amide bonds. The van der Waals surface area contributed by atoms with Crippen LogP contribution in [0.15, 0.2) is 30.7 Å². The zero-order valence-corrected chi connectivity index (χ0v) is 15.2. The molecule has 1 saturated heterocycles. The highest BCUT2D eigenvalue weighted by atomic mass is 16.5. The summed E-state index contributed by atoms with van der Waals surface area (Å²) in [4.78, 5) is 19.2. The number of methoxy groups -OCH3 is 2. The molecule has 1 atom stereocenters. The number of hydrogen-bond donors (Lipinski definition) is 0. The average Bonchev–Trinajstić information content (AvgIpc) is 3.30. The van der Waals surface area contributed by atoms with Crippen molar-refractivity contribution in [1.29, 1.82) is 0 Å². The van der Waals surface area contributed by atoms with Crippen LogP contribution in [0.25, 0.3) is 0 Å². The molecule has 0 saturated carbocycles. The fourth-order valence-electron chi connectivity index (χ4n) is 3.31. The van der Waals surface area contributed by atoms with Crippen LogP contribution in [0.2, 0.25) is 0 Å². The Labute approximate surface area is 148 Å². The van der Waals surface area contributed by atoms with Crippen molar-refractivity contribution in [2.24, 2.45) is 0 Å². The summed E-state index contributed by atoms with van der Waals surface area (Å²) in [6.07, 6.45) is 5.40. The number of rotatable bonds is 5. The summed E-state index contributed by atoms with van der Waals surface area (Å²) in [6, 6.07) is 5.97. The van der Waals surface area contributed by atoms with Crippen molar-refractivity contribution in [2.75, 3.05) is 20.8 Å².